The van der Waals surface area contributed by atoms with Crippen LogP contribution in [-0.2, 0) is 7.05 Å². The van der Waals surface area contributed by atoms with Gasteiger partial charge in [0, 0.05) is 13.6 Å². The number of nitro groups is 1. The van der Waals surface area contributed by atoms with Gasteiger partial charge >= 0.3 is 5.69 Å². The van der Waals surface area contributed by atoms with Crippen molar-refractivity contribution in [3.8, 4) is 6.07 Å². The summed E-state index contributed by atoms with van der Waals surface area (Å²) in [5.41, 5.74) is 0.835. The average molecular weight is 328 g/mol. The standard InChI is InChI=1S/C15H16N6O3/c1-3-6-17-11-5-4-10(8-16)7-12(11)19-15(22)14-13(21(23)24)9-18-20(14)2/h4-5,7,9,17H,3,6H2,1-2H3,(H,19,22). The lowest BCUT2D eigenvalue weighted by atomic mass is 10.1. The van der Waals surface area contributed by atoms with Crippen LogP contribution in [0.25, 0.3) is 0 Å². The van der Waals surface area contributed by atoms with Crippen molar-refractivity contribution in [2.45, 2.75) is 13.3 Å². The minimum atomic E-state index is -0.670. The van der Waals surface area contributed by atoms with Crippen molar-refractivity contribution in [1.82, 2.24) is 9.78 Å². The number of hydrogen-bond acceptors (Lipinski definition) is 6. The van der Waals surface area contributed by atoms with Gasteiger partial charge in [0.2, 0.25) is 5.69 Å². The summed E-state index contributed by atoms with van der Waals surface area (Å²) in [5.74, 6) is -0.670. The number of hydrogen-bond donors (Lipinski definition) is 2. The highest BCUT2D eigenvalue weighted by Gasteiger charge is 2.26. The molecule has 2 aromatic rings. The van der Waals surface area contributed by atoms with E-state index < -0.39 is 10.8 Å². The van der Waals surface area contributed by atoms with Crippen LogP contribution in [0, 0.1) is 21.4 Å². The Kier molecular flexibility index (Phi) is 5.11. The summed E-state index contributed by atoms with van der Waals surface area (Å²) in [6, 6.07) is 6.81. The number of carbonyl (C=O) groups excluding carboxylic acids is 1. The van der Waals surface area contributed by atoms with Crippen LogP contribution in [0.4, 0.5) is 17.1 Å². The second-order valence-corrected chi connectivity index (χ2v) is 5.01. The van der Waals surface area contributed by atoms with Crippen LogP contribution in [0.1, 0.15) is 29.4 Å². The molecular weight excluding hydrogens is 312 g/mol. The monoisotopic (exact) mass is 328 g/mol. The summed E-state index contributed by atoms with van der Waals surface area (Å²) < 4.78 is 1.14. The van der Waals surface area contributed by atoms with Crippen LogP contribution < -0.4 is 10.6 Å². The topological polar surface area (TPSA) is 126 Å². The molecule has 0 radical (unpaired) electrons. The number of benzene rings is 1. The summed E-state index contributed by atoms with van der Waals surface area (Å²) in [5, 5.41) is 29.5. The van der Waals surface area contributed by atoms with Gasteiger partial charge in [-0.25, -0.2) is 0 Å². The van der Waals surface area contributed by atoms with E-state index in [2.05, 4.69) is 15.7 Å². The Morgan fingerprint density at radius 2 is 2.21 bits per heavy atom. The number of nitrogens with zero attached hydrogens (tertiary/aromatic N) is 4. The zero-order valence-corrected chi connectivity index (χ0v) is 13.2. The Bertz CT molecular complexity index is 821. The molecule has 0 atom stereocenters. The molecule has 1 aromatic carbocycles. The van der Waals surface area contributed by atoms with E-state index in [9.17, 15) is 14.9 Å². The number of rotatable bonds is 6. The summed E-state index contributed by atoms with van der Waals surface area (Å²) >= 11 is 0. The molecule has 9 nitrogen and oxygen atoms in total. The molecule has 0 fully saturated rings. The van der Waals surface area contributed by atoms with Crippen LogP contribution in [0.3, 0.4) is 0 Å². The predicted octanol–water partition coefficient (Wildman–Crippen LogP) is 2.27. The van der Waals surface area contributed by atoms with E-state index in [1.807, 2.05) is 13.0 Å². The summed E-state index contributed by atoms with van der Waals surface area (Å²) in [7, 11) is 1.45. The van der Waals surface area contributed by atoms with E-state index in [4.69, 9.17) is 5.26 Å². The van der Waals surface area contributed by atoms with E-state index >= 15 is 0 Å². The third-order valence-corrected chi connectivity index (χ3v) is 3.29. The largest absolute Gasteiger partial charge is 0.383 e. The van der Waals surface area contributed by atoms with Gasteiger partial charge < -0.3 is 10.6 Å². The number of amides is 1. The second kappa shape index (κ2) is 7.23. The highest BCUT2D eigenvalue weighted by molar-refractivity contribution is 6.07. The first kappa shape index (κ1) is 17.0. The van der Waals surface area contributed by atoms with Crippen LogP contribution in [-0.4, -0.2) is 27.2 Å². The molecule has 1 amide bonds. The number of nitrogens with one attached hydrogen (secondary N) is 2. The molecule has 1 aromatic heterocycles. The van der Waals surface area contributed by atoms with Gasteiger partial charge in [0.1, 0.15) is 6.20 Å². The van der Waals surface area contributed by atoms with Crippen molar-refractivity contribution >= 4 is 23.0 Å². The molecule has 0 spiro atoms. The molecule has 0 aliphatic rings. The van der Waals surface area contributed by atoms with Crippen LogP contribution in [0.5, 0.6) is 0 Å². The van der Waals surface area contributed by atoms with Crippen molar-refractivity contribution in [2.24, 2.45) is 7.05 Å². The highest BCUT2D eigenvalue weighted by atomic mass is 16.6. The zero-order valence-electron chi connectivity index (χ0n) is 13.2. The molecule has 24 heavy (non-hydrogen) atoms. The lowest BCUT2D eigenvalue weighted by molar-refractivity contribution is -0.385. The lowest BCUT2D eigenvalue weighted by Crippen LogP contribution is -2.18. The normalized spacial score (nSPS) is 10.0. The quantitative estimate of drug-likeness (QED) is 0.619. The number of anilines is 2. The molecule has 0 saturated heterocycles. The molecule has 2 rings (SSSR count). The van der Waals surface area contributed by atoms with Crippen LogP contribution in [0.2, 0.25) is 0 Å². The predicted molar refractivity (Wildman–Crippen MR) is 87.8 cm³/mol. The Morgan fingerprint density at radius 1 is 1.46 bits per heavy atom. The average Bonchev–Trinajstić information content (AvgIpc) is 2.95. The summed E-state index contributed by atoms with van der Waals surface area (Å²) in [4.78, 5) is 22.8. The fourth-order valence-electron chi connectivity index (χ4n) is 2.14. The molecule has 2 N–H and O–H groups in total. The summed E-state index contributed by atoms with van der Waals surface area (Å²) in [6.45, 7) is 2.68. The Morgan fingerprint density at radius 3 is 2.83 bits per heavy atom. The van der Waals surface area contributed by atoms with Crippen molar-refractivity contribution in [3.63, 3.8) is 0 Å². The van der Waals surface area contributed by atoms with E-state index in [0.717, 1.165) is 17.3 Å². The van der Waals surface area contributed by atoms with Crippen LogP contribution >= 0.6 is 0 Å². The van der Waals surface area contributed by atoms with Gasteiger partial charge in [-0.1, -0.05) is 6.92 Å². The number of nitriles is 1. The van der Waals surface area contributed by atoms with Gasteiger partial charge in [-0.15, -0.1) is 0 Å². The summed E-state index contributed by atoms with van der Waals surface area (Å²) in [6.07, 6.45) is 1.90. The Hall–Kier alpha value is -3.41. The first-order valence-electron chi connectivity index (χ1n) is 7.23. The number of aromatic nitrogens is 2. The molecule has 0 aliphatic carbocycles. The Balaban J connectivity index is 2.36. The fourth-order valence-corrected chi connectivity index (χ4v) is 2.14. The maximum Gasteiger partial charge on any atom is 0.320 e. The molecule has 0 unspecified atom stereocenters. The van der Waals surface area contributed by atoms with E-state index in [0.29, 0.717) is 23.5 Å². The van der Waals surface area contributed by atoms with Crippen molar-refractivity contribution < 1.29 is 9.72 Å². The zero-order chi connectivity index (χ0) is 17.7. The maximum absolute atomic E-state index is 12.5. The van der Waals surface area contributed by atoms with Crippen molar-refractivity contribution in [2.75, 3.05) is 17.2 Å². The van der Waals surface area contributed by atoms with Crippen molar-refractivity contribution in [3.05, 3.63) is 45.8 Å². The molecule has 0 saturated carbocycles. The second-order valence-electron chi connectivity index (χ2n) is 5.01. The highest BCUT2D eigenvalue weighted by Crippen LogP contribution is 2.25. The van der Waals surface area contributed by atoms with E-state index in [1.165, 1.54) is 13.1 Å². The number of carbonyl (C=O) groups is 1. The smallest absolute Gasteiger partial charge is 0.320 e. The van der Waals surface area contributed by atoms with E-state index in [1.54, 1.807) is 12.1 Å². The molecule has 0 aliphatic heterocycles. The van der Waals surface area contributed by atoms with Gasteiger partial charge in [0.15, 0.2) is 0 Å². The maximum atomic E-state index is 12.5. The SMILES string of the molecule is CCCNc1ccc(C#N)cc1NC(=O)c1c([N+](=O)[O-])cnn1C. The van der Waals surface area contributed by atoms with Crippen LogP contribution in [0.15, 0.2) is 24.4 Å². The first-order chi connectivity index (χ1) is 11.5. The molecule has 1 heterocycles. The molecule has 124 valence electrons. The van der Waals surface area contributed by atoms with Gasteiger partial charge in [0.05, 0.1) is 27.9 Å². The lowest BCUT2D eigenvalue weighted by Gasteiger charge is -2.13. The molecule has 0 bridgehead atoms. The van der Waals surface area contributed by atoms with E-state index in [-0.39, 0.29) is 11.4 Å². The Labute approximate surface area is 138 Å². The minimum absolute atomic E-state index is 0.163. The third-order valence-electron chi connectivity index (χ3n) is 3.29. The minimum Gasteiger partial charge on any atom is -0.383 e. The molecule has 9 heteroatoms. The van der Waals surface area contributed by atoms with Gasteiger partial charge in [-0.3, -0.25) is 19.6 Å². The first-order valence-corrected chi connectivity index (χ1v) is 7.23. The van der Waals surface area contributed by atoms with Gasteiger partial charge in [-0.05, 0) is 24.6 Å². The fraction of sp³-hybridized carbons (Fsp3) is 0.267. The molecular formula is C15H16N6O3. The van der Waals surface area contributed by atoms with Crippen molar-refractivity contribution in [1.29, 1.82) is 5.26 Å². The van der Waals surface area contributed by atoms with Gasteiger partial charge in [-0.2, -0.15) is 10.4 Å². The van der Waals surface area contributed by atoms with Gasteiger partial charge in [0.25, 0.3) is 5.91 Å². The third kappa shape index (κ3) is 3.49. The number of aryl methyl sites for hydroxylation is 1.